The average Bonchev–Trinajstić information content (AvgIpc) is 3.11. The van der Waals surface area contributed by atoms with Crippen molar-refractivity contribution in [2.45, 2.75) is 64.5 Å². The molecule has 1 aromatic carbocycles. The highest BCUT2D eigenvalue weighted by atomic mass is 16.6. The Morgan fingerprint density at radius 2 is 2.04 bits per heavy atom. The van der Waals surface area contributed by atoms with Gasteiger partial charge in [0.2, 0.25) is 0 Å². The molecule has 0 aromatic heterocycles. The summed E-state index contributed by atoms with van der Waals surface area (Å²) in [6, 6.07) is 6.90. The van der Waals surface area contributed by atoms with Crippen LogP contribution >= 0.6 is 0 Å². The molecule has 0 bridgehead atoms. The zero-order valence-electron chi connectivity index (χ0n) is 14.5. The first kappa shape index (κ1) is 16.2. The number of nitrogens with one attached hydrogen (secondary N) is 1. The summed E-state index contributed by atoms with van der Waals surface area (Å²) < 4.78 is 5.52. The number of fused-ring (bicyclic) bond motifs is 1. The lowest BCUT2D eigenvalue weighted by Crippen LogP contribution is -2.42. The van der Waals surface area contributed by atoms with Crippen LogP contribution in [0.2, 0.25) is 0 Å². The van der Waals surface area contributed by atoms with E-state index in [2.05, 4.69) is 23.5 Å². The van der Waals surface area contributed by atoms with E-state index in [0.29, 0.717) is 0 Å². The first-order chi connectivity index (χ1) is 10.9. The van der Waals surface area contributed by atoms with E-state index in [1.54, 1.807) is 0 Å². The maximum absolute atomic E-state index is 12.3. The van der Waals surface area contributed by atoms with Gasteiger partial charge in [0, 0.05) is 18.8 Å². The van der Waals surface area contributed by atoms with E-state index in [9.17, 15) is 4.79 Å². The van der Waals surface area contributed by atoms with Crippen LogP contribution in [0.15, 0.2) is 18.2 Å². The third kappa shape index (κ3) is 3.98. The SMILES string of the molecule is CC(C)(C)OC(=O)N1CCCC1CNc1ccc2c(c1)CCC2. The van der Waals surface area contributed by atoms with Crippen LogP contribution in [0, 0.1) is 0 Å². The highest BCUT2D eigenvalue weighted by Gasteiger charge is 2.31. The average molecular weight is 316 g/mol. The minimum atomic E-state index is -0.433. The Morgan fingerprint density at radius 1 is 1.26 bits per heavy atom. The first-order valence-electron chi connectivity index (χ1n) is 8.78. The topological polar surface area (TPSA) is 41.6 Å². The Balaban J connectivity index is 1.57. The molecule has 0 spiro atoms. The summed E-state index contributed by atoms with van der Waals surface area (Å²) in [4.78, 5) is 14.2. The maximum atomic E-state index is 12.3. The molecule has 23 heavy (non-hydrogen) atoms. The number of aryl methyl sites for hydroxylation is 2. The van der Waals surface area contributed by atoms with Gasteiger partial charge in [0.25, 0.3) is 0 Å². The van der Waals surface area contributed by atoms with E-state index < -0.39 is 5.60 Å². The molecular weight excluding hydrogens is 288 g/mol. The van der Waals surface area contributed by atoms with Gasteiger partial charge in [-0.05, 0) is 76.1 Å². The number of rotatable bonds is 3. The van der Waals surface area contributed by atoms with Crippen LogP contribution < -0.4 is 5.32 Å². The molecular formula is C19H28N2O2. The molecule has 1 amide bonds. The van der Waals surface area contributed by atoms with Crippen LogP contribution in [-0.2, 0) is 17.6 Å². The van der Waals surface area contributed by atoms with Gasteiger partial charge in [-0.25, -0.2) is 4.79 Å². The number of hydrogen-bond acceptors (Lipinski definition) is 3. The Bertz CT molecular complexity index is 577. The molecule has 1 heterocycles. The zero-order valence-corrected chi connectivity index (χ0v) is 14.5. The predicted molar refractivity (Wildman–Crippen MR) is 92.9 cm³/mol. The number of nitrogens with zero attached hydrogens (tertiary/aromatic N) is 1. The molecule has 1 N–H and O–H groups in total. The van der Waals surface area contributed by atoms with Crippen LogP contribution in [0.5, 0.6) is 0 Å². The highest BCUT2D eigenvalue weighted by Crippen LogP contribution is 2.26. The van der Waals surface area contributed by atoms with Gasteiger partial charge in [0.1, 0.15) is 5.60 Å². The van der Waals surface area contributed by atoms with Gasteiger partial charge < -0.3 is 15.0 Å². The summed E-state index contributed by atoms with van der Waals surface area (Å²) >= 11 is 0. The van der Waals surface area contributed by atoms with Crippen LogP contribution in [0.3, 0.4) is 0 Å². The molecule has 1 aliphatic heterocycles. The van der Waals surface area contributed by atoms with E-state index in [0.717, 1.165) is 25.9 Å². The van der Waals surface area contributed by atoms with Crippen molar-refractivity contribution in [1.29, 1.82) is 0 Å². The molecule has 4 nitrogen and oxygen atoms in total. The third-order valence-electron chi connectivity index (χ3n) is 4.65. The fourth-order valence-corrected chi connectivity index (χ4v) is 3.53. The van der Waals surface area contributed by atoms with Gasteiger partial charge in [-0.3, -0.25) is 0 Å². The second-order valence-electron chi connectivity index (χ2n) is 7.69. The van der Waals surface area contributed by atoms with E-state index >= 15 is 0 Å². The van der Waals surface area contributed by atoms with E-state index in [4.69, 9.17) is 4.74 Å². The van der Waals surface area contributed by atoms with Crippen molar-refractivity contribution in [3.8, 4) is 0 Å². The number of benzene rings is 1. The minimum Gasteiger partial charge on any atom is -0.444 e. The van der Waals surface area contributed by atoms with E-state index in [1.165, 1.54) is 36.1 Å². The van der Waals surface area contributed by atoms with Gasteiger partial charge in [0.05, 0.1) is 6.04 Å². The van der Waals surface area contributed by atoms with Crippen molar-refractivity contribution < 1.29 is 9.53 Å². The number of anilines is 1. The van der Waals surface area contributed by atoms with Crippen LogP contribution in [0.1, 0.15) is 51.2 Å². The Kier molecular flexibility index (Phi) is 4.51. The zero-order chi connectivity index (χ0) is 16.4. The number of hydrogen-bond donors (Lipinski definition) is 1. The molecule has 1 unspecified atom stereocenters. The summed E-state index contributed by atoms with van der Waals surface area (Å²) in [6.07, 6.45) is 5.58. The molecule has 1 saturated heterocycles. The van der Waals surface area contributed by atoms with Gasteiger partial charge in [-0.2, -0.15) is 0 Å². The molecule has 3 rings (SSSR count). The highest BCUT2D eigenvalue weighted by molar-refractivity contribution is 5.69. The Hall–Kier alpha value is -1.71. The standard InChI is InChI=1S/C19H28N2O2/c1-19(2,3)23-18(22)21-11-5-8-17(21)13-20-16-10-9-14-6-4-7-15(14)12-16/h9-10,12,17,20H,4-8,11,13H2,1-3H3. The summed E-state index contributed by atoms with van der Waals surface area (Å²) in [5.74, 6) is 0. The van der Waals surface area contributed by atoms with Gasteiger partial charge in [-0.1, -0.05) is 6.07 Å². The van der Waals surface area contributed by atoms with Crippen molar-refractivity contribution in [1.82, 2.24) is 4.90 Å². The molecule has 2 aliphatic rings. The first-order valence-corrected chi connectivity index (χ1v) is 8.78. The quantitative estimate of drug-likeness (QED) is 0.917. The fraction of sp³-hybridized carbons (Fsp3) is 0.632. The second-order valence-corrected chi connectivity index (χ2v) is 7.69. The molecule has 0 saturated carbocycles. The van der Waals surface area contributed by atoms with Gasteiger partial charge in [0.15, 0.2) is 0 Å². The van der Waals surface area contributed by atoms with Crippen LogP contribution in [0.25, 0.3) is 0 Å². The van der Waals surface area contributed by atoms with Crippen molar-refractivity contribution in [3.05, 3.63) is 29.3 Å². The monoisotopic (exact) mass is 316 g/mol. The lowest BCUT2D eigenvalue weighted by Gasteiger charge is -2.29. The van der Waals surface area contributed by atoms with Crippen molar-refractivity contribution in [2.75, 3.05) is 18.4 Å². The normalized spacial score (nSPS) is 20.5. The van der Waals surface area contributed by atoms with Gasteiger partial charge in [-0.15, -0.1) is 0 Å². The number of ether oxygens (including phenoxy) is 1. The summed E-state index contributed by atoms with van der Waals surface area (Å²) in [5.41, 5.74) is 3.70. The molecule has 4 heteroatoms. The number of carbonyl (C=O) groups excluding carboxylic acids is 1. The number of carbonyl (C=O) groups is 1. The predicted octanol–water partition coefficient (Wildman–Crippen LogP) is 3.99. The lowest BCUT2D eigenvalue weighted by molar-refractivity contribution is 0.0235. The third-order valence-corrected chi connectivity index (χ3v) is 4.65. The summed E-state index contributed by atoms with van der Waals surface area (Å²) in [6.45, 7) is 7.33. The minimum absolute atomic E-state index is 0.184. The molecule has 1 aliphatic carbocycles. The fourth-order valence-electron chi connectivity index (χ4n) is 3.53. The molecule has 1 fully saturated rings. The largest absolute Gasteiger partial charge is 0.444 e. The van der Waals surface area contributed by atoms with Crippen molar-refractivity contribution in [2.24, 2.45) is 0 Å². The number of likely N-dealkylation sites (tertiary alicyclic amines) is 1. The lowest BCUT2D eigenvalue weighted by atomic mass is 10.1. The summed E-state index contributed by atoms with van der Waals surface area (Å²) in [7, 11) is 0. The molecule has 0 radical (unpaired) electrons. The van der Waals surface area contributed by atoms with Crippen molar-refractivity contribution >= 4 is 11.8 Å². The van der Waals surface area contributed by atoms with E-state index in [1.807, 2.05) is 25.7 Å². The smallest absolute Gasteiger partial charge is 0.410 e. The van der Waals surface area contributed by atoms with Crippen LogP contribution in [0.4, 0.5) is 10.5 Å². The van der Waals surface area contributed by atoms with Crippen LogP contribution in [-0.4, -0.2) is 35.7 Å². The van der Waals surface area contributed by atoms with E-state index in [-0.39, 0.29) is 12.1 Å². The summed E-state index contributed by atoms with van der Waals surface area (Å²) in [5, 5.41) is 3.51. The second kappa shape index (κ2) is 6.42. The maximum Gasteiger partial charge on any atom is 0.410 e. The van der Waals surface area contributed by atoms with Gasteiger partial charge >= 0.3 is 6.09 Å². The van der Waals surface area contributed by atoms with Crippen molar-refractivity contribution in [3.63, 3.8) is 0 Å². The Labute approximate surface area is 139 Å². The molecule has 126 valence electrons. The molecule has 1 aromatic rings. The molecule has 1 atom stereocenters. The Morgan fingerprint density at radius 3 is 2.83 bits per heavy atom. The number of amides is 1.